The maximum absolute atomic E-state index is 13.0. The van der Waals surface area contributed by atoms with Crippen molar-refractivity contribution in [3.8, 4) is 0 Å². The van der Waals surface area contributed by atoms with Gasteiger partial charge in [0.05, 0.1) is 5.56 Å². The molecule has 70 valence electrons. The number of rotatable bonds is 2. The molecule has 0 spiro atoms. The maximum atomic E-state index is 13.0. The van der Waals surface area contributed by atoms with E-state index in [1.807, 2.05) is 0 Å². The molecule has 0 amide bonds. The molecule has 0 radical (unpaired) electrons. The van der Waals surface area contributed by atoms with Crippen molar-refractivity contribution >= 4 is 16.8 Å². The Morgan fingerprint density at radius 2 is 1.92 bits per heavy atom. The van der Waals surface area contributed by atoms with Gasteiger partial charge in [-0.1, -0.05) is 6.92 Å². The van der Waals surface area contributed by atoms with Gasteiger partial charge in [0.15, 0.2) is 0 Å². The number of carbonyl (C=O) groups is 1. The van der Waals surface area contributed by atoms with Gasteiger partial charge < -0.3 is 0 Å². The fourth-order valence-electron chi connectivity index (χ4n) is 1.15. The number of hydrogen-bond donors (Lipinski definition) is 0. The van der Waals surface area contributed by atoms with Gasteiger partial charge in [0.25, 0.3) is 5.24 Å². The SMILES string of the molecule is CCc1c(F)ccc(F)c1C(=O)Cl. The van der Waals surface area contributed by atoms with Gasteiger partial charge in [0.1, 0.15) is 11.6 Å². The molecule has 0 aliphatic heterocycles. The van der Waals surface area contributed by atoms with Crippen LogP contribution in [-0.2, 0) is 6.42 Å². The normalized spacial score (nSPS) is 10.2. The summed E-state index contributed by atoms with van der Waals surface area (Å²) in [4.78, 5) is 10.8. The van der Waals surface area contributed by atoms with E-state index in [1.165, 1.54) is 0 Å². The van der Waals surface area contributed by atoms with Crippen molar-refractivity contribution in [1.29, 1.82) is 0 Å². The van der Waals surface area contributed by atoms with Crippen molar-refractivity contribution in [1.82, 2.24) is 0 Å². The molecule has 4 heteroatoms. The van der Waals surface area contributed by atoms with Crippen LogP contribution in [0.25, 0.3) is 0 Å². The Hall–Kier alpha value is -0.960. The van der Waals surface area contributed by atoms with Crippen molar-refractivity contribution < 1.29 is 13.6 Å². The monoisotopic (exact) mass is 204 g/mol. The minimum Gasteiger partial charge on any atom is -0.275 e. The van der Waals surface area contributed by atoms with Crippen molar-refractivity contribution in [2.75, 3.05) is 0 Å². The summed E-state index contributed by atoms with van der Waals surface area (Å²) < 4.78 is 26.0. The van der Waals surface area contributed by atoms with Gasteiger partial charge in [0, 0.05) is 5.56 Å². The zero-order chi connectivity index (χ0) is 10.0. The third-order valence-electron chi connectivity index (χ3n) is 1.75. The van der Waals surface area contributed by atoms with Crippen molar-refractivity contribution in [3.63, 3.8) is 0 Å². The molecule has 1 aromatic carbocycles. The Balaban J connectivity index is 3.43. The minimum atomic E-state index is -0.964. The Labute approximate surface area is 79.3 Å². The van der Waals surface area contributed by atoms with Crippen molar-refractivity contribution in [2.24, 2.45) is 0 Å². The number of carbonyl (C=O) groups excluding carboxylic acids is 1. The Bertz CT molecular complexity index is 350. The topological polar surface area (TPSA) is 17.1 Å². The van der Waals surface area contributed by atoms with Gasteiger partial charge in [-0.2, -0.15) is 0 Å². The standard InChI is InChI=1S/C9H7ClF2O/c1-2-5-6(11)3-4-7(12)8(5)9(10)13/h3-4H,2H2,1H3. The largest absolute Gasteiger partial charge is 0.275 e. The fourth-order valence-corrected chi connectivity index (χ4v) is 1.36. The molecular formula is C9H7ClF2O. The summed E-state index contributed by atoms with van der Waals surface area (Å²) in [5, 5.41) is -0.964. The van der Waals surface area contributed by atoms with E-state index >= 15 is 0 Å². The fraction of sp³-hybridized carbons (Fsp3) is 0.222. The van der Waals surface area contributed by atoms with Gasteiger partial charge in [0.2, 0.25) is 0 Å². The van der Waals surface area contributed by atoms with Crippen LogP contribution in [0.15, 0.2) is 12.1 Å². The molecule has 0 unspecified atom stereocenters. The van der Waals surface area contributed by atoms with E-state index in [0.29, 0.717) is 0 Å². The molecular weight excluding hydrogens is 198 g/mol. The lowest BCUT2D eigenvalue weighted by atomic mass is 10.1. The zero-order valence-corrected chi connectivity index (χ0v) is 7.66. The second kappa shape index (κ2) is 3.83. The highest BCUT2D eigenvalue weighted by molar-refractivity contribution is 6.68. The van der Waals surface area contributed by atoms with Crippen LogP contribution in [-0.4, -0.2) is 5.24 Å². The zero-order valence-electron chi connectivity index (χ0n) is 6.90. The molecule has 1 aromatic rings. The van der Waals surface area contributed by atoms with Crippen LogP contribution in [0, 0.1) is 11.6 Å². The molecule has 0 aliphatic carbocycles. The first-order valence-electron chi connectivity index (χ1n) is 3.74. The summed E-state index contributed by atoms with van der Waals surface area (Å²) in [7, 11) is 0. The second-order valence-corrected chi connectivity index (χ2v) is 2.85. The van der Waals surface area contributed by atoms with Crippen LogP contribution in [0.4, 0.5) is 8.78 Å². The lowest BCUT2D eigenvalue weighted by molar-refractivity contribution is 0.107. The van der Waals surface area contributed by atoms with E-state index in [-0.39, 0.29) is 17.5 Å². The maximum Gasteiger partial charge on any atom is 0.255 e. The first-order valence-corrected chi connectivity index (χ1v) is 4.12. The second-order valence-electron chi connectivity index (χ2n) is 2.51. The Kier molecular flexibility index (Phi) is 2.98. The summed E-state index contributed by atoms with van der Waals surface area (Å²) >= 11 is 5.12. The van der Waals surface area contributed by atoms with E-state index in [1.54, 1.807) is 6.92 Å². The number of hydrogen-bond acceptors (Lipinski definition) is 1. The molecule has 0 atom stereocenters. The summed E-state index contributed by atoms with van der Waals surface area (Å²) in [5.74, 6) is -1.38. The van der Waals surface area contributed by atoms with Crippen LogP contribution in [0.1, 0.15) is 22.8 Å². The van der Waals surface area contributed by atoms with E-state index < -0.39 is 16.9 Å². The highest BCUT2D eigenvalue weighted by atomic mass is 35.5. The van der Waals surface area contributed by atoms with Gasteiger partial charge in [-0.15, -0.1) is 0 Å². The molecule has 0 saturated heterocycles. The highest BCUT2D eigenvalue weighted by Crippen LogP contribution is 2.19. The first kappa shape index (κ1) is 10.1. The predicted molar refractivity (Wildman–Crippen MR) is 45.9 cm³/mol. The van der Waals surface area contributed by atoms with E-state index in [9.17, 15) is 13.6 Å². The molecule has 0 saturated carbocycles. The third-order valence-corrected chi connectivity index (χ3v) is 1.94. The Morgan fingerprint density at radius 3 is 2.31 bits per heavy atom. The molecule has 0 heterocycles. The summed E-state index contributed by atoms with van der Waals surface area (Å²) in [6, 6.07) is 1.88. The predicted octanol–water partition coefficient (Wildman–Crippen LogP) is 2.91. The molecule has 0 N–H and O–H groups in total. The molecule has 0 aliphatic rings. The van der Waals surface area contributed by atoms with Gasteiger partial charge in [-0.3, -0.25) is 4.79 Å². The molecule has 0 fully saturated rings. The lowest BCUT2D eigenvalue weighted by Crippen LogP contribution is -2.03. The molecule has 1 nitrogen and oxygen atoms in total. The first-order chi connectivity index (χ1) is 6.07. The summed E-state index contributed by atoms with van der Waals surface area (Å²) in [6.07, 6.45) is 0.234. The van der Waals surface area contributed by atoms with Crippen LogP contribution in [0.5, 0.6) is 0 Å². The number of benzene rings is 1. The minimum absolute atomic E-state index is 0.0278. The van der Waals surface area contributed by atoms with E-state index in [0.717, 1.165) is 12.1 Å². The quantitative estimate of drug-likeness (QED) is 0.677. The van der Waals surface area contributed by atoms with E-state index in [2.05, 4.69) is 0 Å². The summed E-state index contributed by atoms with van der Waals surface area (Å²) in [6.45, 7) is 1.63. The summed E-state index contributed by atoms with van der Waals surface area (Å²) in [5.41, 5.74) is -0.329. The Morgan fingerprint density at radius 1 is 1.38 bits per heavy atom. The van der Waals surface area contributed by atoms with E-state index in [4.69, 9.17) is 11.6 Å². The molecule has 13 heavy (non-hydrogen) atoms. The third kappa shape index (κ3) is 1.86. The number of halogens is 3. The highest BCUT2D eigenvalue weighted by Gasteiger charge is 2.17. The smallest absolute Gasteiger partial charge is 0.255 e. The van der Waals surface area contributed by atoms with Crippen LogP contribution >= 0.6 is 11.6 Å². The molecule has 0 bridgehead atoms. The van der Waals surface area contributed by atoms with Crippen molar-refractivity contribution in [2.45, 2.75) is 13.3 Å². The van der Waals surface area contributed by atoms with Gasteiger partial charge in [-0.05, 0) is 30.2 Å². The molecule has 0 aromatic heterocycles. The lowest BCUT2D eigenvalue weighted by Gasteiger charge is -2.05. The van der Waals surface area contributed by atoms with Crippen molar-refractivity contribution in [3.05, 3.63) is 34.9 Å². The van der Waals surface area contributed by atoms with Gasteiger partial charge in [-0.25, -0.2) is 8.78 Å². The van der Waals surface area contributed by atoms with Crippen LogP contribution in [0.2, 0.25) is 0 Å². The molecule has 1 rings (SSSR count). The van der Waals surface area contributed by atoms with Crippen LogP contribution < -0.4 is 0 Å². The van der Waals surface area contributed by atoms with Gasteiger partial charge >= 0.3 is 0 Å². The average molecular weight is 205 g/mol. The average Bonchev–Trinajstić information content (AvgIpc) is 2.07. The van der Waals surface area contributed by atoms with Crippen LogP contribution in [0.3, 0.4) is 0 Å².